The number of alkyl halides is 1. The van der Waals surface area contributed by atoms with E-state index in [2.05, 4.69) is 16.0 Å². The lowest BCUT2D eigenvalue weighted by molar-refractivity contribution is -0.137. The molecule has 6 rings (SSSR count). The van der Waals surface area contributed by atoms with E-state index in [4.69, 9.17) is 19.2 Å². The molecule has 1 aromatic heterocycles. The molecule has 0 unspecified atom stereocenters. The zero-order valence-corrected chi connectivity index (χ0v) is 31.9. The normalized spacial score (nSPS) is 19.3. The summed E-state index contributed by atoms with van der Waals surface area (Å²) in [7, 11) is 0. The fraction of sp³-hybridized carbons (Fsp3) is 0.475. The number of hydrogen-bond acceptors (Lipinski definition) is 10. The van der Waals surface area contributed by atoms with Crippen LogP contribution in [0, 0.1) is 23.5 Å². The molecule has 5 amide bonds. The van der Waals surface area contributed by atoms with Gasteiger partial charge in [-0.15, -0.1) is 0 Å². The van der Waals surface area contributed by atoms with E-state index >= 15 is 8.78 Å². The Kier molecular flexibility index (Phi) is 14.9. The zero-order valence-electron chi connectivity index (χ0n) is 31.9. The summed E-state index contributed by atoms with van der Waals surface area (Å²) >= 11 is 0. The van der Waals surface area contributed by atoms with E-state index in [1.165, 1.54) is 17.1 Å². The minimum atomic E-state index is -1.32. The first-order valence-corrected chi connectivity index (χ1v) is 19.3. The Balaban J connectivity index is 1.15. The standard InChI is InChI=1S/C40H48F3N7O8/c41-29-6-7-32(42)31(18-29)34-24-48(22-26-4-2-1-3-5-26)38(47-34)37(27-10-14-56-15-11-27)50(23-28-19-44-21-33(28)43)39(54)46-20-30(51)25-58-40(55)45-12-16-57-17-13-49-35(52)8-9-36(49)53/h1-9,18,24,27-28,30,33,37,44,51H,10-17,19-23,25H2,(H,45,55)(H,46,54)/t28-,30+,33-,37+/m0/s1. The molecule has 3 aliphatic heterocycles. The highest BCUT2D eigenvalue weighted by atomic mass is 19.1. The number of halogens is 3. The Morgan fingerprint density at radius 3 is 2.52 bits per heavy atom. The largest absolute Gasteiger partial charge is 0.447 e. The monoisotopic (exact) mass is 811 g/mol. The number of nitrogens with one attached hydrogen (secondary N) is 3. The highest BCUT2D eigenvalue weighted by Gasteiger charge is 2.40. The fourth-order valence-electron chi connectivity index (χ4n) is 7.21. The molecule has 0 aliphatic carbocycles. The van der Waals surface area contributed by atoms with Gasteiger partial charge in [0.1, 0.15) is 36.3 Å². The molecule has 312 valence electrons. The van der Waals surface area contributed by atoms with Crippen molar-refractivity contribution in [3.05, 3.63) is 89.9 Å². The summed E-state index contributed by atoms with van der Waals surface area (Å²) in [6, 6.07) is 11.2. The molecule has 2 saturated heterocycles. The van der Waals surface area contributed by atoms with Crippen LogP contribution in [0.5, 0.6) is 0 Å². The SMILES string of the molecule is O=C(NCCOCCN1C(=O)C=CC1=O)OC[C@H](O)CNC(=O)N(C[C@@H]1CNC[C@@H]1F)[C@@H](c1nc(-c2cc(F)ccc2F)cn1Cc1ccccc1)C1CCOCC1. The van der Waals surface area contributed by atoms with Gasteiger partial charge in [-0.3, -0.25) is 14.5 Å². The first kappa shape index (κ1) is 42.3. The predicted octanol–water partition coefficient (Wildman–Crippen LogP) is 2.94. The van der Waals surface area contributed by atoms with E-state index in [-0.39, 0.29) is 69.7 Å². The number of imide groups is 1. The van der Waals surface area contributed by atoms with Crippen molar-refractivity contribution in [3.63, 3.8) is 0 Å². The molecule has 18 heteroatoms. The Hall–Kier alpha value is -5.30. The quantitative estimate of drug-likeness (QED) is 0.110. The lowest BCUT2D eigenvalue weighted by Gasteiger charge is -2.40. The van der Waals surface area contributed by atoms with E-state index in [0.717, 1.165) is 28.7 Å². The van der Waals surface area contributed by atoms with Crippen LogP contribution in [0.2, 0.25) is 0 Å². The number of aliphatic hydroxyl groups excluding tert-OH is 1. The third-order valence-corrected chi connectivity index (χ3v) is 10.2. The molecule has 0 saturated carbocycles. The third-order valence-electron chi connectivity index (χ3n) is 10.2. The summed E-state index contributed by atoms with van der Waals surface area (Å²) in [4.78, 5) is 57.3. The second-order valence-corrected chi connectivity index (χ2v) is 14.3. The number of ether oxygens (including phenoxy) is 3. The van der Waals surface area contributed by atoms with Gasteiger partial charge in [-0.25, -0.2) is 27.7 Å². The molecule has 3 aromatic rings. The van der Waals surface area contributed by atoms with Crippen molar-refractivity contribution >= 4 is 23.9 Å². The van der Waals surface area contributed by atoms with E-state index < -0.39 is 66.4 Å². The Bertz CT molecular complexity index is 1890. The fourth-order valence-corrected chi connectivity index (χ4v) is 7.21. The van der Waals surface area contributed by atoms with Crippen LogP contribution in [0.3, 0.4) is 0 Å². The molecular weight excluding hydrogens is 763 g/mol. The van der Waals surface area contributed by atoms with E-state index in [1.54, 1.807) is 6.20 Å². The number of aliphatic hydroxyl groups is 1. The molecule has 0 spiro atoms. The summed E-state index contributed by atoms with van der Waals surface area (Å²) in [5, 5.41) is 19.0. The van der Waals surface area contributed by atoms with Crippen LogP contribution in [0.1, 0.15) is 30.3 Å². The minimum Gasteiger partial charge on any atom is -0.447 e. The lowest BCUT2D eigenvalue weighted by Crippen LogP contribution is -2.50. The maximum atomic E-state index is 15.3. The maximum Gasteiger partial charge on any atom is 0.407 e. The Morgan fingerprint density at radius 1 is 1.03 bits per heavy atom. The van der Waals surface area contributed by atoms with Gasteiger partial charge in [0.2, 0.25) is 0 Å². The molecule has 4 atom stereocenters. The van der Waals surface area contributed by atoms with Gasteiger partial charge >= 0.3 is 12.1 Å². The first-order chi connectivity index (χ1) is 28.1. The van der Waals surface area contributed by atoms with Crippen LogP contribution in [0.4, 0.5) is 22.8 Å². The number of alkyl carbamates (subject to hydrolysis) is 1. The zero-order chi connectivity index (χ0) is 41.0. The van der Waals surface area contributed by atoms with Crippen molar-refractivity contribution in [1.29, 1.82) is 0 Å². The highest BCUT2D eigenvalue weighted by Crippen LogP contribution is 2.38. The van der Waals surface area contributed by atoms with Crippen LogP contribution in [-0.4, -0.2) is 133 Å². The van der Waals surface area contributed by atoms with Gasteiger partial charge in [0.15, 0.2) is 0 Å². The van der Waals surface area contributed by atoms with Crippen LogP contribution < -0.4 is 16.0 Å². The maximum absolute atomic E-state index is 15.3. The minimum absolute atomic E-state index is 0.0253. The summed E-state index contributed by atoms with van der Waals surface area (Å²) in [5.74, 6) is -2.56. The van der Waals surface area contributed by atoms with Crippen molar-refractivity contribution < 1.29 is 51.7 Å². The molecule has 4 heterocycles. The summed E-state index contributed by atoms with van der Waals surface area (Å²) in [6.45, 7) is 0.976. The van der Waals surface area contributed by atoms with Gasteiger partial charge in [0, 0.05) is 82.3 Å². The average Bonchev–Trinajstić information content (AvgIpc) is 3.93. The molecule has 0 bridgehead atoms. The second-order valence-electron chi connectivity index (χ2n) is 14.3. The third kappa shape index (κ3) is 11.2. The van der Waals surface area contributed by atoms with Gasteiger partial charge in [-0.1, -0.05) is 30.3 Å². The van der Waals surface area contributed by atoms with Gasteiger partial charge in [-0.2, -0.15) is 0 Å². The number of carbonyl (C=O) groups excluding carboxylic acids is 4. The summed E-state index contributed by atoms with van der Waals surface area (Å²) < 4.78 is 62.9. The number of carbonyl (C=O) groups is 4. The summed E-state index contributed by atoms with van der Waals surface area (Å²) in [5.41, 5.74) is 1.00. The van der Waals surface area contributed by atoms with Gasteiger partial charge in [-0.05, 0) is 42.5 Å². The number of urea groups is 1. The number of imidazole rings is 1. The van der Waals surface area contributed by atoms with E-state index in [1.807, 2.05) is 34.9 Å². The number of amides is 5. The van der Waals surface area contributed by atoms with Crippen LogP contribution in [-0.2, 0) is 30.3 Å². The van der Waals surface area contributed by atoms with Gasteiger partial charge < -0.3 is 44.7 Å². The second kappa shape index (κ2) is 20.4. The molecule has 2 aromatic carbocycles. The summed E-state index contributed by atoms with van der Waals surface area (Å²) in [6.07, 6.45) is 1.64. The molecule has 0 radical (unpaired) electrons. The van der Waals surface area contributed by atoms with Gasteiger partial charge in [0.25, 0.3) is 11.8 Å². The molecule has 58 heavy (non-hydrogen) atoms. The number of aromatic nitrogens is 2. The van der Waals surface area contributed by atoms with Crippen LogP contribution in [0.25, 0.3) is 11.3 Å². The number of nitrogens with zero attached hydrogens (tertiary/aromatic N) is 4. The number of benzene rings is 2. The molecule has 2 fully saturated rings. The van der Waals surface area contributed by atoms with Crippen molar-refractivity contribution in [2.75, 3.05) is 72.3 Å². The van der Waals surface area contributed by atoms with Crippen molar-refractivity contribution in [1.82, 2.24) is 35.3 Å². The highest BCUT2D eigenvalue weighted by molar-refractivity contribution is 6.12. The molecule has 3 aliphatic rings. The molecular formula is C40H48F3N7O8. The molecule has 15 nitrogen and oxygen atoms in total. The lowest BCUT2D eigenvalue weighted by atomic mass is 9.89. The van der Waals surface area contributed by atoms with Crippen LogP contribution in [0.15, 0.2) is 66.9 Å². The van der Waals surface area contributed by atoms with Crippen molar-refractivity contribution in [3.8, 4) is 11.3 Å². The first-order valence-electron chi connectivity index (χ1n) is 19.3. The Labute approximate surface area is 333 Å². The van der Waals surface area contributed by atoms with Gasteiger partial charge in [0.05, 0.1) is 31.5 Å². The topological polar surface area (TPSA) is 177 Å². The number of rotatable bonds is 18. The Morgan fingerprint density at radius 2 is 1.79 bits per heavy atom. The predicted molar refractivity (Wildman–Crippen MR) is 203 cm³/mol. The smallest absolute Gasteiger partial charge is 0.407 e. The average molecular weight is 812 g/mol. The van der Waals surface area contributed by atoms with Crippen LogP contribution >= 0.6 is 0 Å². The van der Waals surface area contributed by atoms with Crippen molar-refractivity contribution in [2.45, 2.75) is 37.7 Å². The van der Waals surface area contributed by atoms with E-state index in [0.29, 0.717) is 38.4 Å². The molecule has 4 N–H and O–H groups in total. The van der Waals surface area contributed by atoms with E-state index in [9.17, 15) is 28.7 Å². The van der Waals surface area contributed by atoms with Crippen molar-refractivity contribution in [2.24, 2.45) is 11.8 Å². The number of hydrogen-bond donors (Lipinski definition) is 4.